The third-order valence-corrected chi connectivity index (χ3v) is 3.32. The van der Waals surface area contributed by atoms with Crippen molar-refractivity contribution in [3.05, 3.63) is 52.7 Å². The molecule has 1 aromatic heterocycles. The number of aryl methyl sites for hydroxylation is 1. The Hall–Kier alpha value is -3.10. The highest BCUT2D eigenvalue weighted by Gasteiger charge is 2.27. The first kappa shape index (κ1) is 20.2. The molecule has 0 saturated heterocycles. The quantitative estimate of drug-likeness (QED) is 0.482. The summed E-state index contributed by atoms with van der Waals surface area (Å²) in [5.41, 5.74) is -1.09. The summed E-state index contributed by atoms with van der Waals surface area (Å²) >= 11 is 0. The van der Waals surface area contributed by atoms with Gasteiger partial charge in [-0.2, -0.15) is 0 Å². The smallest absolute Gasteiger partial charge is 0.296 e. The zero-order valence-corrected chi connectivity index (χ0v) is 15.0. The molecule has 0 aliphatic rings. The number of Topliss-reactive ketones (excluding diaryl/α,β-unsaturated/α-hetero) is 1. The van der Waals surface area contributed by atoms with Gasteiger partial charge >= 0.3 is 0 Å². The average molecular weight is 382 g/mol. The number of carbonyl (C=O) groups is 3. The Balaban J connectivity index is 2.22. The molecule has 6 nitrogen and oxygen atoms in total. The Bertz CT molecular complexity index is 906. The topological polar surface area (TPSA) is 88.4 Å². The second kappa shape index (κ2) is 7.26. The lowest BCUT2D eigenvalue weighted by Gasteiger charge is -2.19. The molecule has 0 saturated carbocycles. The first-order valence-corrected chi connectivity index (χ1v) is 7.82. The van der Waals surface area contributed by atoms with Gasteiger partial charge in [-0.25, -0.2) is 13.2 Å². The fourth-order valence-corrected chi connectivity index (χ4v) is 2.15. The predicted octanol–water partition coefficient (Wildman–Crippen LogP) is 3.36. The van der Waals surface area contributed by atoms with Crippen molar-refractivity contribution >= 4 is 23.3 Å². The Morgan fingerprint density at radius 2 is 1.56 bits per heavy atom. The highest BCUT2D eigenvalue weighted by molar-refractivity contribution is 6.42. The highest BCUT2D eigenvalue weighted by Crippen LogP contribution is 2.21. The summed E-state index contributed by atoms with van der Waals surface area (Å²) in [6.07, 6.45) is 0. The minimum atomic E-state index is -1.66. The Morgan fingerprint density at radius 3 is 2.07 bits per heavy atom. The van der Waals surface area contributed by atoms with Gasteiger partial charge in [0.25, 0.3) is 17.6 Å². The van der Waals surface area contributed by atoms with Gasteiger partial charge in [-0.05, 0) is 27.7 Å². The summed E-state index contributed by atoms with van der Waals surface area (Å²) in [5, 5.41) is 4.64. The third-order valence-electron chi connectivity index (χ3n) is 3.32. The van der Waals surface area contributed by atoms with Gasteiger partial charge in [0.1, 0.15) is 5.76 Å². The van der Waals surface area contributed by atoms with Crippen LogP contribution in [-0.2, 0) is 4.79 Å². The van der Waals surface area contributed by atoms with Gasteiger partial charge in [0.05, 0.1) is 5.56 Å². The summed E-state index contributed by atoms with van der Waals surface area (Å²) in [4.78, 5) is 36.3. The summed E-state index contributed by atoms with van der Waals surface area (Å²) < 4.78 is 44.6. The molecule has 1 aromatic carbocycles. The molecule has 1 heterocycles. The van der Waals surface area contributed by atoms with Crippen molar-refractivity contribution in [3.8, 4) is 0 Å². The van der Waals surface area contributed by atoms with Gasteiger partial charge in [-0.15, -0.1) is 0 Å². The number of halogens is 3. The zero-order chi connectivity index (χ0) is 20.5. The van der Waals surface area contributed by atoms with E-state index in [0.717, 1.165) is 6.07 Å². The van der Waals surface area contributed by atoms with Crippen LogP contribution in [0.5, 0.6) is 0 Å². The SMILES string of the molecule is Cc1oc(C(=O)C(=O)NC(C)(C)C)cc1C(=O)Nc1cc(F)c(F)c(F)c1. The van der Waals surface area contributed by atoms with E-state index >= 15 is 0 Å². The molecule has 0 bridgehead atoms. The molecule has 2 N–H and O–H groups in total. The van der Waals surface area contributed by atoms with Crippen LogP contribution >= 0.6 is 0 Å². The zero-order valence-electron chi connectivity index (χ0n) is 15.0. The number of hydrogen-bond acceptors (Lipinski definition) is 4. The van der Waals surface area contributed by atoms with Gasteiger partial charge in [0.2, 0.25) is 0 Å². The molecular formula is C18H17F3N2O4. The van der Waals surface area contributed by atoms with E-state index in [4.69, 9.17) is 4.42 Å². The Labute approximate surface area is 152 Å². The number of nitrogens with one attached hydrogen (secondary N) is 2. The molecule has 2 aromatic rings. The van der Waals surface area contributed by atoms with Crippen LogP contribution in [0.1, 0.15) is 47.4 Å². The summed E-state index contributed by atoms with van der Waals surface area (Å²) in [6, 6.07) is 2.26. The van der Waals surface area contributed by atoms with E-state index in [9.17, 15) is 27.6 Å². The molecule has 0 unspecified atom stereocenters. The molecule has 0 atom stereocenters. The molecular weight excluding hydrogens is 365 g/mol. The molecule has 0 spiro atoms. The Kier molecular flexibility index (Phi) is 5.43. The molecule has 9 heteroatoms. The van der Waals surface area contributed by atoms with E-state index in [-0.39, 0.29) is 22.8 Å². The van der Waals surface area contributed by atoms with Crippen molar-refractivity contribution < 1.29 is 32.0 Å². The van der Waals surface area contributed by atoms with E-state index in [1.807, 2.05) is 0 Å². The van der Waals surface area contributed by atoms with Crippen molar-refractivity contribution in [2.75, 3.05) is 5.32 Å². The lowest BCUT2D eigenvalue weighted by atomic mass is 10.1. The molecule has 0 fully saturated rings. The van der Waals surface area contributed by atoms with Crippen LogP contribution in [0.2, 0.25) is 0 Å². The van der Waals surface area contributed by atoms with Crippen LogP contribution in [0, 0.1) is 24.4 Å². The van der Waals surface area contributed by atoms with Crippen LogP contribution in [0.3, 0.4) is 0 Å². The van der Waals surface area contributed by atoms with E-state index in [1.165, 1.54) is 6.92 Å². The van der Waals surface area contributed by atoms with E-state index in [0.29, 0.717) is 12.1 Å². The third kappa shape index (κ3) is 4.75. The maximum Gasteiger partial charge on any atom is 0.296 e. The van der Waals surface area contributed by atoms with Crippen LogP contribution in [0.25, 0.3) is 0 Å². The van der Waals surface area contributed by atoms with Crippen molar-refractivity contribution in [2.45, 2.75) is 33.2 Å². The molecule has 2 amide bonds. The van der Waals surface area contributed by atoms with Gasteiger partial charge in [-0.3, -0.25) is 14.4 Å². The van der Waals surface area contributed by atoms with Gasteiger partial charge in [0.15, 0.2) is 23.2 Å². The van der Waals surface area contributed by atoms with Crippen LogP contribution < -0.4 is 10.6 Å². The van der Waals surface area contributed by atoms with Crippen LogP contribution in [-0.4, -0.2) is 23.1 Å². The average Bonchev–Trinajstić information content (AvgIpc) is 2.92. The van der Waals surface area contributed by atoms with E-state index in [2.05, 4.69) is 10.6 Å². The maximum atomic E-state index is 13.2. The lowest BCUT2D eigenvalue weighted by molar-refractivity contribution is -0.118. The number of anilines is 1. The number of furan rings is 1. The number of carbonyl (C=O) groups excluding carboxylic acids is 3. The number of rotatable bonds is 4. The second-order valence-corrected chi connectivity index (χ2v) is 6.82. The minimum Gasteiger partial charge on any atom is -0.457 e. The van der Waals surface area contributed by atoms with Crippen LogP contribution in [0.4, 0.5) is 18.9 Å². The first-order valence-electron chi connectivity index (χ1n) is 7.82. The maximum absolute atomic E-state index is 13.2. The predicted molar refractivity (Wildman–Crippen MR) is 89.9 cm³/mol. The van der Waals surface area contributed by atoms with Crippen molar-refractivity contribution in [3.63, 3.8) is 0 Å². The minimum absolute atomic E-state index is 0.0162. The fourth-order valence-electron chi connectivity index (χ4n) is 2.15. The van der Waals surface area contributed by atoms with Crippen molar-refractivity contribution in [2.24, 2.45) is 0 Å². The monoisotopic (exact) mass is 382 g/mol. The molecule has 27 heavy (non-hydrogen) atoms. The molecule has 0 aliphatic heterocycles. The largest absolute Gasteiger partial charge is 0.457 e. The number of ketones is 1. The van der Waals surface area contributed by atoms with Gasteiger partial charge in [-0.1, -0.05) is 0 Å². The summed E-state index contributed by atoms with van der Waals surface area (Å²) in [7, 11) is 0. The summed E-state index contributed by atoms with van der Waals surface area (Å²) in [5.74, 6) is -7.69. The fraction of sp³-hybridized carbons (Fsp3) is 0.278. The van der Waals surface area contributed by atoms with E-state index in [1.54, 1.807) is 20.8 Å². The molecule has 144 valence electrons. The Morgan fingerprint density at radius 1 is 1.00 bits per heavy atom. The number of benzene rings is 1. The second-order valence-electron chi connectivity index (χ2n) is 6.82. The molecule has 2 rings (SSSR count). The van der Waals surface area contributed by atoms with Gasteiger partial charge in [0, 0.05) is 29.4 Å². The number of amides is 2. The van der Waals surface area contributed by atoms with Crippen molar-refractivity contribution in [1.29, 1.82) is 0 Å². The first-order chi connectivity index (χ1) is 12.4. The van der Waals surface area contributed by atoms with Crippen molar-refractivity contribution in [1.82, 2.24) is 5.32 Å². The standard InChI is InChI=1S/C18H17F3N2O4/c1-8-10(7-13(27-8)15(24)17(26)23-18(2,3)4)16(25)22-9-5-11(19)14(21)12(20)6-9/h5-7H,1-4H3,(H,22,25)(H,23,26). The molecule has 0 radical (unpaired) electrons. The van der Waals surface area contributed by atoms with E-state index < -0.39 is 40.6 Å². The molecule has 0 aliphatic carbocycles. The van der Waals surface area contributed by atoms with Crippen LogP contribution in [0.15, 0.2) is 22.6 Å². The lowest BCUT2D eigenvalue weighted by Crippen LogP contribution is -2.44. The summed E-state index contributed by atoms with van der Waals surface area (Å²) in [6.45, 7) is 6.43. The van der Waals surface area contributed by atoms with Gasteiger partial charge < -0.3 is 15.1 Å². The number of hydrogen-bond donors (Lipinski definition) is 2. The highest BCUT2D eigenvalue weighted by atomic mass is 19.2. The normalized spacial score (nSPS) is 11.2.